The molecule has 0 bridgehead atoms. The summed E-state index contributed by atoms with van der Waals surface area (Å²) in [5.41, 5.74) is 6.67. The predicted octanol–water partition coefficient (Wildman–Crippen LogP) is 1.19. The predicted molar refractivity (Wildman–Crippen MR) is 50.8 cm³/mol. The molecule has 1 aliphatic carbocycles. The number of nitrogens with zero attached hydrogens (tertiary/aromatic N) is 1. The number of aromatic carboxylic acids is 1. The van der Waals surface area contributed by atoms with Gasteiger partial charge in [-0.15, -0.1) is 0 Å². The molecule has 14 heavy (non-hydrogen) atoms. The van der Waals surface area contributed by atoms with E-state index in [2.05, 4.69) is 4.98 Å². The van der Waals surface area contributed by atoms with Gasteiger partial charge in [-0.1, -0.05) is 6.07 Å². The molecule has 0 spiro atoms. The molecule has 4 heteroatoms. The van der Waals surface area contributed by atoms with Gasteiger partial charge >= 0.3 is 5.97 Å². The van der Waals surface area contributed by atoms with E-state index in [-0.39, 0.29) is 11.7 Å². The van der Waals surface area contributed by atoms with E-state index in [1.54, 1.807) is 12.1 Å². The van der Waals surface area contributed by atoms with Crippen LogP contribution in [0.15, 0.2) is 18.2 Å². The molecule has 1 saturated carbocycles. The molecule has 1 aromatic heterocycles. The Morgan fingerprint density at radius 1 is 1.57 bits per heavy atom. The van der Waals surface area contributed by atoms with Crippen molar-refractivity contribution in [2.45, 2.75) is 18.9 Å². The third-order valence-electron chi connectivity index (χ3n) is 2.46. The van der Waals surface area contributed by atoms with Gasteiger partial charge in [0, 0.05) is 6.04 Å². The normalized spacial score (nSPS) is 17.8. The van der Waals surface area contributed by atoms with Crippen LogP contribution in [0.5, 0.6) is 0 Å². The zero-order chi connectivity index (χ0) is 10.1. The monoisotopic (exact) mass is 192 g/mol. The SMILES string of the molecule is N[C@@H](c1cccc(C(=O)O)n1)C1CC1. The molecular formula is C10H12N2O2. The van der Waals surface area contributed by atoms with Crippen molar-refractivity contribution in [1.29, 1.82) is 0 Å². The summed E-state index contributed by atoms with van der Waals surface area (Å²) < 4.78 is 0. The molecule has 1 heterocycles. The van der Waals surface area contributed by atoms with Crippen molar-refractivity contribution in [1.82, 2.24) is 4.98 Å². The first-order chi connectivity index (χ1) is 6.68. The maximum atomic E-state index is 10.7. The van der Waals surface area contributed by atoms with Crippen molar-refractivity contribution >= 4 is 5.97 Å². The second-order valence-corrected chi connectivity index (χ2v) is 3.62. The number of carbonyl (C=O) groups is 1. The van der Waals surface area contributed by atoms with Crippen molar-refractivity contribution in [2.24, 2.45) is 11.7 Å². The fourth-order valence-electron chi connectivity index (χ4n) is 1.45. The van der Waals surface area contributed by atoms with Gasteiger partial charge in [-0.3, -0.25) is 0 Å². The van der Waals surface area contributed by atoms with Gasteiger partial charge in [-0.2, -0.15) is 0 Å². The van der Waals surface area contributed by atoms with Gasteiger partial charge in [-0.05, 0) is 30.9 Å². The lowest BCUT2D eigenvalue weighted by Crippen LogP contribution is -2.15. The highest BCUT2D eigenvalue weighted by molar-refractivity contribution is 5.85. The molecule has 4 nitrogen and oxygen atoms in total. The van der Waals surface area contributed by atoms with E-state index in [4.69, 9.17) is 10.8 Å². The minimum Gasteiger partial charge on any atom is -0.477 e. The summed E-state index contributed by atoms with van der Waals surface area (Å²) in [6.45, 7) is 0. The minimum atomic E-state index is -1.00. The maximum absolute atomic E-state index is 10.7. The van der Waals surface area contributed by atoms with Crippen LogP contribution in [0.4, 0.5) is 0 Å². The Balaban J connectivity index is 2.24. The summed E-state index contributed by atoms with van der Waals surface area (Å²) in [4.78, 5) is 14.7. The Labute approximate surface area is 81.8 Å². The van der Waals surface area contributed by atoms with Crippen LogP contribution in [-0.2, 0) is 0 Å². The number of nitrogens with two attached hydrogens (primary N) is 1. The smallest absolute Gasteiger partial charge is 0.354 e. The number of hydrogen-bond donors (Lipinski definition) is 2. The van der Waals surface area contributed by atoms with Crippen LogP contribution in [0.3, 0.4) is 0 Å². The highest BCUT2D eigenvalue weighted by atomic mass is 16.4. The Morgan fingerprint density at radius 3 is 2.86 bits per heavy atom. The molecule has 0 aromatic carbocycles. The quantitative estimate of drug-likeness (QED) is 0.754. The average Bonchev–Trinajstić information content (AvgIpc) is 3.00. The second-order valence-electron chi connectivity index (χ2n) is 3.62. The lowest BCUT2D eigenvalue weighted by molar-refractivity contribution is 0.0690. The first kappa shape index (κ1) is 9.15. The Morgan fingerprint density at radius 2 is 2.29 bits per heavy atom. The number of pyridine rings is 1. The van der Waals surface area contributed by atoms with Gasteiger partial charge in [-0.25, -0.2) is 9.78 Å². The second kappa shape index (κ2) is 3.38. The molecule has 3 N–H and O–H groups in total. The fourth-order valence-corrected chi connectivity index (χ4v) is 1.45. The van der Waals surface area contributed by atoms with Gasteiger partial charge in [0.2, 0.25) is 0 Å². The summed E-state index contributed by atoms with van der Waals surface area (Å²) in [6.07, 6.45) is 2.25. The summed E-state index contributed by atoms with van der Waals surface area (Å²) in [5, 5.41) is 8.74. The summed E-state index contributed by atoms with van der Waals surface area (Å²) in [6, 6.07) is 4.85. The van der Waals surface area contributed by atoms with E-state index in [1.165, 1.54) is 6.07 Å². The highest BCUT2D eigenvalue weighted by Crippen LogP contribution is 2.38. The molecule has 1 aromatic rings. The molecule has 2 rings (SSSR count). The average molecular weight is 192 g/mol. The highest BCUT2D eigenvalue weighted by Gasteiger charge is 2.30. The van der Waals surface area contributed by atoms with E-state index in [9.17, 15) is 4.79 Å². The van der Waals surface area contributed by atoms with Crippen molar-refractivity contribution in [3.8, 4) is 0 Å². The van der Waals surface area contributed by atoms with Gasteiger partial charge in [0.05, 0.1) is 5.69 Å². The van der Waals surface area contributed by atoms with Crippen molar-refractivity contribution in [2.75, 3.05) is 0 Å². The van der Waals surface area contributed by atoms with E-state index in [1.807, 2.05) is 0 Å². The molecule has 1 fully saturated rings. The van der Waals surface area contributed by atoms with Gasteiger partial charge in [0.25, 0.3) is 0 Å². The molecule has 0 saturated heterocycles. The lowest BCUT2D eigenvalue weighted by Gasteiger charge is -2.09. The van der Waals surface area contributed by atoms with E-state index in [0.29, 0.717) is 11.6 Å². The van der Waals surface area contributed by atoms with Crippen LogP contribution in [-0.4, -0.2) is 16.1 Å². The molecule has 0 amide bonds. The number of rotatable bonds is 3. The molecule has 0 unspecified atom stereocenters. The van der Waals surface area contributed by atoms with E-state index in [0.717, 1.165) is 12.8 Å². The Bertz CT molecular complexity index is 361. The van der Waals surface area contributed by atoms with E-state index < -0.39 is 5.97 Å². The van der Waals surface area contributed by atoms with Crippen LogP contribution in [0, 0.1) is 5.92 Å². The zero-order valence-corrected chi connectivity index (χ0v) is 7.68. The number of aromatic nitrogens is 1. The summed E-state index contributed by atoms with van der Waals surface area (Å²) in [7, 11) is 0. The number of carboxylic acid groups (broad SMARTS) is 1. The zero-order valence-electron chi connectivity index (χ0n) is 7.68. The minimum absolute atomic E-state index is 0.0681. The third kappa shape index (κ3) is 1.75. The van der Waals surface area contributed by atoms with Crippen LogP contribution < -0.4 is 5.73 Å². The van der Waals surface area contributed by atoms with Gasteiger partial charge in [0.15, 0.2) is 0 Å². The number of hydrogen-bond acceptors (Lipinski definition) is 3. The summed E-state index contributed by atoms with van der Waals surface area (Å²) in [5.74, 6) is -0.513. The molecule has 74 valence electrons. The molecule has 1 atom stereocenters. The topological polar surface area (TPSA) is 76.2 Å². The van der Waals surface area contributed by atoms with Gasteiger partial charge in [0.1, 0.15) is 5.69 Å². The van der Waals surface area contributed by atoms with Crippen molar-refractivity contribution < 1.29 is 9.90 Å². The standard InChI is InChI=1S/C10H12N2O2/c11-9(6-4-5-6)7-2-1-3-8(12-7)10(13)14/h1-3,6,9H,4-5,11H2,(H,13,14)/t9-/m1/s1. The maximum Gasteiger partial charge on any atom is 0.354 e. The van der Waals surface area contributed by atoms with Crippen LogP contribution in [0.2, 0.25) is 0 Å². The van der Waals surface area contributed by atoms with Crippen LogP contribution >= 0.6 is 0 Å². The molecule has 0 radical (unpaired) electrons. The van der Waals surface area contributed by atoms with E-state index >= 15 is 0 Å². The summed E-state index contributed by atoms with van der Waals surface area (Å²) >= 11 is 0. The lowest BCUT2D eigenvalue weighted by atomic mass is 10.1. The molecular weight excluding hydrogens is 180 g/mol. The van der Waals surface area contributed by atoms with Crippen molar-refractivity contribution in [3.63, 3.8) is 0 Å². The first-order valence-corrected chi connectivity index (χ1v) is 4.64. The first-order valence-electron chi connectivity index (χ1n) is 4.64. The Kier molecular flexibility index (Phi) is 2.21. The molecule has 0 aliphatic heterocycles. The van der Waals surface area contributed by atoms with Gasteiger partial charge < -0.3 is 10.8 Å². The van der Waals surface area contributed by atoms with Crippen molar-refractivity contribution in [3.05, 3.63) is 29.6 Å². The molecule has 1 aliphatic rings. The third-order valence-corrected chi connectivity index (χ3v) is 2.46. The largest absolute Gasteiger partial charge is 0.477 e. The van der Waals surface area contributed by atoms with Crippen LogP contribution in [0.25, 0.3) is 0 Å². The number of carboxylic acids is 1. The van der Waals surface area contributed by atoms with Crippen LogP contribution in [0.1, 0.15) is 35.1 Å². The Hall–Kier alpha value is -1.42. The fraction of sp³-hybridized carbons (Fsp3) is 0.400.